The average Bonchev–Trinajstić information content (AvgIpc) is 2.06. The molecule has 0 saturated heterocycles. The van der Waals surface area contributed by atoms with Crippen molar-refractivity contribution < 1.29 is 66.4 Å². The molecule has 0 radical (unpaired) electrons. The van der Waals surface area contributed by atoms with Gasteiger partial charge in [-0.1, -0.05) is 30.3 Å². The fourth-order valence-corrected chi connectivity index (χ4v) is 0.881. The third kappa shape index (κ3) is 3.16. The summed E-state index contributed by atoms with van der Waals surface area (Å²) in [6.45, 7) is 1.19. The number of aliphatic hydroxyl groups is 1. The largest absolute Gasteiger partial charge is 1.00 e. The van der Waals surface area contributed by atoms with Gasteiger partial charge >= 0.3 is 51.4 Å². The van der Waals surface area contributed by atoms with Crippen LogP contribution in [-0.2, 0) is 10.4 Å². The molecule has 0 unspecified atom stereocenters. The predicted octanol–water partition coefficient (Wildman–Crippen LogP) is -3.35. The van der Waals surface area contributed by atoms with Crippen LogP contribution < -0.4 is 56.5 Å². The molecule has 4 heteroatoms. The Morgan fingerprint density at radius 2 is 1.85 bits per heavy atom. The zero-order valence-corrected chi connectivity index (χ0v) is 10.8. The molecule has 1 rings (SSSR count). The minimum absolute atomic E-state index is 0. The first kappa shape index (κ1) is 13.3. The molecule has 1 N–H and O–H groups in total. The van der Waals surface area contributed by atoms with Crippen molar-refractivity contribution in [3.8, 4) is 0 Å². The standard InChI is InChI=1S/C9H10O3.K/c1-9(12,8(10)11)7-5-3-2-4-6-7;/h2-6,12H,1H3,(H,10,11);/q;+1/p-1/t9-;/m0./s1. The number of hydrogen-bond donors (Lipinski definition) is 1. The van der Waals surface area contributed by atoms with Crippen molar-refractivity contribution in [3.63, 3.8) is 0 Å². The molecule has 0 aliphatic heterocycles. The van der Waals surface area contributed by atoms with E-state index < -0.39 is 11.6 Å². The van der Waals surface area contributed by atoms with Crippen molar-refractivity contribution in [3.05, 3.63) is 35.9 Å². The molecular weight excluding hydrogens is 195 g/mol. The molecule has 0 aliphatic rings. The monoisotopic (exact) mass is 204 g/mol. The van der Waals surface area contributed by atoms with Gasteiger partial charge in [0.15, 0.2) is 0 Å². The summed E-state index contributed by atoms with van der Waals surface area (Å²) in [6, 6.07) is 8.14. The van der Waals surface area contributed by atoms with E-state index in [0.29, 0.717) is 5.56 Å². The van der Waals surface area contributed by atoms with E-state index >= 15 is 0 Å². The quantitative estimate of drug-likeness (QED) is 0.512. The fraction of sp³-hybridized carbons (Fsp3) is 0.222. The smallest absolute Gasteiger partial charge is 0.547 e. The Labute approximate surface area is 119 Å². The summed E-state index contributed by atoms with van der Waals surface area (Å²) < 4.78 is 0. The Morgan fingerprint density at radius 1 is 1.38 bits per heavy atom. The van der Waals surface area contributed by atoms with E-state index in [1.165, 1.54) is 19.1 Å². The summed E-state index contributed by atoms with van der Waals surface area (Å²) in [5.41, 5.74) is -1.58. The second kappa shape index (κ2) is 5.24. The predicted molar refractivity (Wildman–Crippen MR) is 41.0 cm³/mol. The first-order valence-electron chi connectivity index (χ1n) is 3.54. The molecular formula is C9H9KO3. The first-order valence-corrected chi connectivity index (χ1v) is 3.54. The van der Waals surface area contributed by atoms with Gasteiger partial charge in [-0.3, -0.25) is 0 Å². The van der Waals surface area contributed by atoms with Gasteiger partial charge in [-0.25, -0.2) is 0 Å². The average molecular weight is 204 g/mol. The molecule has 0 heterocycles. The van der Waals surface area contributed by atoms with Gasteiger partial charge in [0, 0.05) is 0 Å². The topological polar surface area (TPSA) is 60.4 Å². The molecule has 0 bridgehead atoms. The summed E-state index contributed by atoms with van der Waals surface area (Å²) in [4.78, 5) is 10.5. The number of carbonyl (C=O) groups is 1. The molecule has 0 fully saturated rings. The van der Waals surface area contributed by atoms with E-state index in [1.807, 2.05) is 0 Å². The van der Waals surface area contributed by atoms with Gasteiger partial charge in [0.05, 0.1) is 5.97 Å². The summed E-state index contributed by atoms with van der Waals surface area (Å²) >= 11 is 0. The molecule has 64 valence electrons. The number of rotatable bonds is 2. The number of carbonyl (C=O) groups excluding carboxylic acids is 1. The minimum Gasteiger partial charge on any atom is -0.547 e. The van der Waals surface area contributed by atoms with Crippen LogP contribution in [0.2, 0.25) is 0 Å². The fourth-order valence-electron chi connectivity index (χ4n) is 0.881. The van der Waals surface area contributed by atoms with E-state index in [2.05, 4.69) is 0 Å². The van der Waals surface area contributed by atoms with Crippen molar-refractivity contribution in [2.45, 2.75) is 12.5 Å². The Bertz CT molecular complexity index is 282. The van der Waals surface area contributed by atoms with Crippen LogP contribution >= 0.6 is 0 Å². The second-order valence-corrected chi connectivity index (χ2v) is 2.73. The molecule has 0 aliphatic carbocycles. The maximum Gasteiger partial charge on any atom is 1.00 e. The van der Waals surface area contributed by atoms with Crippen LogP contribution in [-0.4, -0.2) is 11.1 Å². The zero-order chi connectivity index (χ0) is 9.19. The Kier molecular flexibility index (Phi) is 5.35. The summed E-state index contributed by atoms with van der Waals surface area (Å²) in [5.74, 6) is -1.49. The van der Waals surface area contributed by atoms with Crippen molar-refractivity contribution >= 4 is 5.97 Å². The van der Waals surface area contributed by atoms with Crippen LogP contribution in [0, 0.1) is 0 Å². The van der Waals surface area contributed by atoms with Crippen LogP contribution in [0.5, 0.6) is 0 Å². The Balaban J connectivity index is 0.00000144. The number of aliphatic carboxylic acids is 1. The van der Waals surface area contributed by atoms with Crippen LogP contribution in [0.4, 0.5) is 0 Å². The molecule has 0 saturated carbocycles. The maximum absolute atomic E-state index is 10.5. The molecule has 0 amide bonds. The van der Waals surface area contributed by atoms with Crippen molar-refractivity contribution in [2.24, 2.45) is 0 Å². The normalized spacial score (nSPS) is 14.0. The number of hydrogen-bond acceptors (Lipinski definition) is 3. The third-order valence-corrected chi connectivity index (χ3v) is 1.73. The first-order chi connectivity index (χ1) is 5.55. The van der Waals surface area contributed by atoms with Gasteiger partial charge in [-0.05, 0) is 12.5 Å². The van der Waals surface area contributed by atoms with Gasteiger partial charge in [0.2, 0.25) is 0 Å². The van der Waals surface area contributed by atoms with E-state index in [9.17, 15) is 15.0 Å². The van der Waals surface area contributed by atoms with Gasteiger partial charge in [-0.2, -0.15) is 0 Å². The zero-order valence-electron chi connectivity index (χ0n) is 7.65. The van der Waals surface area contributed by atoms with Crippen LogP contribution in [0.25, 0.3) is 0 Å². The third-order valence-electron chi connectivity index (χ3n) is 1.73. The van der Waals surface area contributed by atoms with Gasteiger partial charge < -0.3 is 15.0 Å². The van der Waals surface area contributed by atoms with Crippen LogP contribution in [0.3, 0.4) is 0 Å². The maximum atomic E-state index is 10.5. The van der Waals surface area contributed by atoms with Gasteiger partial charge in [-0.15, -0.1) is 0 Å². The van der Waals surface area contributed by atoms with E-state index in [4.69, 9.17) is 0 Å². The van der Waals surface area contributed by atoms with Gasteiger partial charge in [0.1, 0.15) is 5.60 Å². The molecule has 3 nitrogen and oxygen atoms in total. The molecule has 0 spiro atoms. The number of benzene rings is 1. The van der Waals surface area contributed by atoms with Crippen molar-refractivity contribution in [1.29, 1.82) is 0 Å². The number of carboxylic acids is 1. The molecule has 0 aromatic heterocycles. The van der Waals surface area contributed by atoms with E-state index in [-0.39, 0.29) is 51.4 Å². The molecule has 1 atom stereocenters. The van der Waals surface area contributed by atoms with Gasteiger partial charge in [0.25, 0.3) is 0 Å². The minimum atomic E-state index is -1.90. The SMILES string of the molecule is C[C@@](O)(C(=O)[O-])c1ccccc1.[K+]. The van der Waals surface area contributed by atoms with Crippen LogP contribution in [0.15, 0.2) is 30.3 Å². The molecule has 1 aromatic rings. The Hall–Kier alpha value is 0.286. The Morgan fingerprint density at radius 3 is 2.23 bits per heavy atom. The van der Waals surface area contributed by atoms with Crippen molar-refractivity contribution in [2.75, 3.05) is 0 Å². The van der Waals surface area contributed by atoms with E-state index in [1.54, 1.807) is 18.2 Å². The molecule has 1 aromatic carbocycles. The second-order valence-electron chi connectivity index (χ2n) is 2.73. The van der Waals surface area contributed by atoms with Crippen LogP contribution in [0.1, 0.15) is 12.5 Å². The van der Waals surface area contributed by atoms with Crippen molar-refractivity contribution in [1.82, 2.24) is 0 Å². The van der Waals surface area contributed by atoms with E-state index in [0.717, 1.165) is 0 Å². The summed E-state index contributed by atoms with van der Waals surface area (Å²) in [5, 5.41) is 19.9. The summed E-state index contributed by atoms with van der Waals surface area (Å²) in [7, 11) is 0. The number of carboxylic acid groups (broad SMARTS) is 1. The summed E-state index contributed by atoms with van der Waals surface area (Å²) in [6.07, 6.45) is 0. The molecule has 13 heavy (non-hydrogen) atoms.